The first-order valence-electron chi connectivity index (χ1n) is 6.04. The Morgan fingerprint density at radius 3 is 2.77 bits per heavy atom. The molecule has 0 aromatic carbocycles. The maximum atomic E-state index is 11.7. The van der Waals surface area contributed by atoms with Crippen LogP contribution in [0.25, 0.3) is 0 Å². The van der Waals surface area contributed by atoms with E-state index in [1.807, 2.05) is 5.32 Å². The number of amides is 2. The molecule has 0 fully saturated rings. The number of nitrogens with one attached hydrogen (secondary N) is 2. The van der Waals surface area contributed by atoms with E-state index in [9.17, 15) is 14.4 Å². The highest BCUT2D eigenvalue weighted by Gasteiger charge is 2.15. The third-order valence-electron chi connectivity index (χ3n) is 2.27. The van der Waals surface area contributed by atoms with E-state index in [0.717, 1.165) is 6.20 Å². The molecule has 0 aliphatic carbocycles. The molecule has 2 amide bonds. The topological polar surface area (TPSA) is 118 Å². The van der Waals surface area contributed by atoms with E-state index in [1.165, 1.54) is 24.5 Å². The third kappa shape index (κ3) is 4.60. The zero-order valence-corrected chi connectivity index (χ0v) is 12.7. The first-order chi connectivity index (χ1) is 10.5. The number of esters is 1. The summed E-state index contributed by atoms with van der Waals surface area (Å²) in [7, 11) is 1.24. The van der Waals surface area contributed by atoms with Crippen LogP contribution < -0.4 is 10.6 Å². The molecule has 0 saturated heterocycles. The number of nitrogens with zero attached hydrogens (tertiary/aromatic N) is 1. The largest absolute Gasteiger partial charge is 0.465 e. The van der Waals surface area contributed by atoms with Crippen LogP contribution in [-0.4, -0.2) is 31.7 Å². The molecule has 0 atom stereocenters. The number of hydrogen-bond donors (Lipinski definition) is 2. The first kappa shape index (κ1) is 17.2. The molecule has 0 aliphatic rings. The lowest BCUT2D eigenvalue weighted by molar-refractivity contribution is -0.116. The third-order valence-corrected chi connectivity index (χ3v) is 3.12. The second-order valence-corrected chi connectivity index (χ2v) is 4.56. The Morgan fingerprint density at radius 2 is 2.18 bits per heavy atom. The summed E-state index contributed by atoms with van der Waals surface area (Å²) < 4.78 is 9.13. The molecular weight excluding hydrogens is 310 g/mol. The number of rotatable bonds is 5. The van der Waals surface area contributed by atoms with Gasteiger partial charge in [0.2, 0.25) is 0 Å². The molecule has 0 bridgehead atoms. The second kappa shape index (κ2) is 8.43. The maximum absolute atomic E-state index is 11.7. The molecule has 116 valence electrons. The molecule has 9 heteroatoms. The molecule has 1 aromatic rings. The lowest BCUT2D eigenvalue weighted by Gasteiger charge is -2.04. The van der Waals surface area contributed by atoms with Crippen LogP contribution in [0.3, 0.4) is 0 Å². The second-order valence-electron chi connectivity index (χ2n) is 3.64. The van der Waals surface area contributed by atoms with Crippen molar-refractivity contribution in [2.75, 3.05) is 19.0 Å². The molecule has 22 heavy (non-hydrogen) atoms. The quantitative estimate of drug-likeness (QED) is 0.480. The number of carbonyl (C=O) groups is 3. The van der Waals surface area contributed by atoms with E-state index in [1.54, 1.807) is 18.4 Å². The van der Waals surface area contributed by atoms with E-state index in [0.29, 0.717) is 5.00 Å². The Balaban J connectivity index is 2.80. The zero-order valence-electron chi connectivity index (χ0n) is 11.8. The number of thiophene rings is 1. The highest BCUT2D eigenvalue weighted by molar-refractivity contribution is 7.14. The van der Waals surface area contributed by atoms with Gasteiger partial charge < -0.3 is 14.8 Å². The van der Waals surface area contributed by atoms with Crippen molar-refractivity contribution in [2.24, 2.45) is 0 Å². The summed E-state index contributed by atoms with van der Waals surface area (Å²) in [5.74, 6) is -1.46. The minimum Gasteiger partial charge on any atom is -0.465 e. The van der Waals surface area contributed by atoms with Crippen molar-refractivity contribution in [1.82, 2.24) is 5.32 Å². The molecule has 0 aliphatic heterocycles. The number of nitriles is 1. The summed E-state index contributed by atoms with van der Waals surface area (Å²) in [5.41, 5.74) is -0.0795. The van der Waals surface area contributed by atoms with Gasteiger partial charge in [-0.05, 0) is 18.4 Å². The van der Waals surface area contributed by atoms with Gasteiger partial charge in [-0.15, -0.1) is 11.3 Å². The van der Waals surface area contributed by atoms with Crippen molar-refractivity contribution < 1.29 is 23.9 Å². The Morgan fingerprint density at radius 1 is 1.45 bits per heavy atom. The Bertz CT molecular complexity index is 644. The van der Waals surface area contributed by atoms with Gasteiger partial charge in [0.25, 0.3) is 5.91 Å². The fraction of sp³-hybridized carbons (Fsp3) is 0.231. The number of hydrogen-bond acceptors (Lipinski definition) is 8. The monoisotopic (exact) mass is 323 g/mol. The van der Waals surface area contributed by atoms with Crippen LogP contribution in [0.2, 0.25) is 0 Å². The summed E-state index contributed by atoms with van der Waals surface area (Å²) in [6, 6.07) is 3.18. The van der Waals surface area contributed by atoms with E-state index >= 15 is 0 Å². The van der Waals surface area contributed by atoms with Crippen LogP contribution in [0.5, 0.6) is 0 Å². The van der Waals surface area contributed by atoms with Crippen LogP contribution in [-0.2, 0) is 14.3 Å². The normalized spacial score (nSPS) is 10.3. The van der Waals surface area contributed by atoms with E-state index < -0.39 is 18.0 Å². The fourth-order valence-electron chi connectivity index (χ4n) is 1.31. The van der Waals surface area contributed by atoms with Crippen LogP contribution in [0.4, 0.5) is 9.80 Å². The average molecular weight is 323 g/mol. The Kier molecular flexibility index (Phi) is 6.59. The molecule has 2 N–H and O–H groups in total. The lowest BCUT2D eigenvalue weighted by Crippen LogP contribution is -2.32. The van der Waals surface area contributed by atoms with Crippen molar-refractivity contribution in [3.63, 3.8) is 0 Å². The summed E-state index contributed by atoms with van der Waals surface area (Å²) in [5, 5.41) is 15.5. The van der Waals surface area contributed by atoms with Gasteiger partial charge in [-0.3, -0.25) is 10.1 Å². The lowest BCUT2D eigenvalue weighted by atomic mass is 10.3. The first-order valence-corrected chi connectivity index (χ1v) is 6.92. The van der Waals surface area contributed by atoms with E-state index in [2.05, 4.69) is 14.8 Å². The molecule has 1 rings (SSSR count). The SMILES string of the molecule is CCOC(=O)NC(=O)/C(C#N)=C/Nc1sccc1C(=O)OC. The molecule has 0 radical (unpaired) electrons. The number of imide groups is 1. The summed E-state index contributed by atoms with van der Waals surface area (Å²) >= 11 is 1.19. The highest BCUT2D eigenvalue weighted by atomic mass is 32.1. The molecule has 1 heterocycles. The number of ether oxygens (including phenoxy) is 2. The van der Waals surface area contributed by atoms with Gasteiger partial charge in [-0.25, -0.2) is 9.59 Å². The van der Waals surface area contributed by atoms with Gasteiger partial charge in [0, 0.05) is 6.20 Å². The molecule has 0 saturated carbocycles. The number of methoxy groups -OCH3 is 1. The predicted molar refractivity (Wildman–Crippen MR) is 78.1 cm³/mol. The van der Waals surface area contributed by atoms with Crippen LogP contribution >= 0.6 is 11.3 Å². The van der Waals surface area contributed by atoms with Gasteiger partial charge in [0.15, 0.2) is 0 Å². The Labute approximate surface area is 130 Å². The van der Waals surface area contributed by atoms with Crippen LogP contribution in [0, 0.1) is 11.3 Å². The van der Waals surface area contributed by atoms with Crippen LogP contribution in [0.15, 0.2) is 23.2 Å². The number of carbonyl (C=O) groups excluding carboxylic acids is 3. The van der Waals surface area contributed by atoms with Crippen molar-refractivity contribution >= 4 is 34.3 Å². The van der Waals surface area contributed by atoms with Gasteiger partial charge in [0.1, 0.15) is 16.6 Å². The minimum atomic E-state index is -0.944. The fourth-order valence-corrected chi connectivity index (χ4v) is 2.05. The smallest absolute Gasteiger partial charge is 0.414 e. The van der Waals surface area contributed by atoms with E-state index in [4.69, 9.17) is 5.26 Å². The van der Waals surface area contributed by atoms with Crippen molar-refractivity contribution in [3.05, 3.63) is 28.8 Å². The van der Waals surface area contributed by atoms with Gasteiger partial charge >= 0.3 is 12.1 Å². The van der Waals surface area contributed by atoms with Gasteiger partial charge in [-0.1, -0.05) is 0 Å². The summed E-state index contributed by atoms with van der Waals surface area (Å²) in [6.07, 6.45) is 0.146. The Hall–Kier alpha value is -2.86. The van der Waals surface area contributed by atoms with Crippen molar-refractivity contribution in [1.29, 1.82) is 5.26 Å². The van der Waals surface area contributed by atoms with Crippen molar-refractivity contribution in [2.45, 2.75) is 6.92 Å². The maximum Gasteiger partial charge on any atom is 0.414 e. The number of anilines is 1. The molecule has 8 nitrogen and oxygen atoms in total. The van der Waals surface area contributed by atoms with E-state index in [-0.39, 0.29) is 17.7 Å². The van der Waals surface area contributed by atoms with Gasteiger partial charge in [-0.2, -0.15) is 5.26 Å². The van der Waals surface area contributed by atoms with Gasteiger partial charge in [0.05, 0.1) is 19.3 Å². The zero-order chi connectivity index (χ0) is 16.5. The average Bonchev–Trinajstić information content (AvgIpc) is 2.95. The predicted octanol–water partition coefficient (Wildman–Crippen LogP) is 1.63. The summed E-state index contributed by atoms with van der Waals surface area (Å²) in [6.45, 7) is 1.68. The standard InChI is InChI=1S/C13H13N3O5S/c1-3-21-13(19)16-10(17)8(6-14)7-15-11-9(4-5-22-11)12(18)20-2/h4-5,7,15H,3H2,1-2H3,(H,16,17,19)/b8-7+. The van der Waals surface area contributed by atoms with Crippen molar-refractivity contribution in [3.8, 4) is 6.07 Å². The molecule has 1 aromatic heterocycles. The summed E-state index contributed by atoms with van der Waals surface area (Å²) in [4.78, 5) is 34.3. The number of alkyl carbamates (subject to hydrolysis) is 1. The van der Waals surface area contributed by atoms with Crippen LogP contribution in [0.1, 0.15) is 17.3 Å². The minimum absolute atomic E-state index is 0.0979. The molecule has 0 unspecified atom stereocenters. The highest BCUT2D eigenvalue weighted by Crippen LogP contribution is 2.24. The molecular formula is C13H13N3O5S. The molecule has 0 spiro atoms.